The van der Waals surface area contributed by atoms with Gasteiger partial charge in [0.25, 0.3) is 0 Å². The fourth-order valence-corrected chi connectivity index (χ4v) is 5.46. The lowest BCUT2D eigenvalue weighted by atomic mass is 9.73. The number of carbonyl (C=O) groups is 1. The second-order valence-electron chi connectivity index (χ2n) is 8.68. The van der Waals surface area contributed by atoms with Crippen LogP contribution in [-0.4, -0.2) is 48.4 Å². The van der Waals surface area contributed by atoms with Gasteiger partial charge >= 0.3 is 5.97 Å². The van der Waals surface area contributed by atoms with Crippen LogP contribution in [-0.2, 0) is 27.1 Å². The van der Waals surface area contributed by atoms with Gasteiger partial charge in [0.1, 0.15) is 5.75 Å². The molecular formula is C23H32O6. The van der Waals surface area contributed by atoms with E-state index >= 15 is 0 Å². The predicted molar refractivity (Wildman–Crippen MR) is 107 cm³/mol. The highest BCUT2D eigenvalue weighted by Crippen LogP contribution is 2.48. The topological polar surface area (TPSA) is 85.2 Å². The van der Waals surface area contributed by atoms with Crippen LogP contribution in [0.5, 0.6) is 5.75 Å². The molecule has 6 nitrogen and oxygen atoms in total. The van der Waals surface area contributed by atoms with Gasteiger partial charge in [-0.25, -0.2) is 4.79 Å². The van der Waals surface area contributed by atoms with Gasteiger partial charge in [-0.15, -0.1) is 0 Å². The lowest BCUT2D eigenvalue weighted by molar-refractivity contribution is -0.163. The average Bonchev–Trinajstić information content (AvgIpc) is 3.03. The third-order valence-corrected chi connectivity index (χ3v) is 6.82. The summed E-state index contributed by atoms with van der Waals surface area (Å²) in [6, 6.07) is 5.91. The number of carboxylic acid groups (broad SMARTS) is 1. The van der Waals surface area contributed by atoms with E-state index in [-0.39, 0.29) is 19.0 Å². The van der Waals surface area contributed by atoms with Crippen molar-refractivity contribution in [2.45, 2.75) is 63.8 Å². The molecule has 1 saturated carbocycles. The molecule has 1 aromatic rings. The minimum atomic E-state index is -0.964. The molecule has 1 aliphatic heterocycles. The lowest BCUT2D eigenvalue weighted by Crippen LogP contribution is -2.28. The molecule has 0 spiro atoms. The van der Waals surface area contributed by atoms with Crippen LogP contribution in [0.4, 0.5) is 0 Å². The second kappa shape index (κ2) is 9.45. The van der Waals surface area contributed by atoms with E-state index in [0.29, 0.717) is 30.1 Å². The molecular weight excluding hydrogens is 372 g/mol. The van der Waals surface area contributed by atoms with Crippen LogP contribution < -0.4 is 4.74 Å². The van der Waals surface area contributed by atoms with Crippen molar-refractivity contribution >= 4 is 5.97 Å². The number of rotatable bonds is 8. The first-order valence-corrected chi connectivity index (χ1v) is 11.0. The molecule has 6 heteroatoms. The van der Waals surface area contributed by atoms with E-state index in [1.807, 2.05) is 12.1 Å². The van der Waals surface area contributed by atoms with Gasteiger partial charge in [0.2, 0.25) is 0 Å². The zero-order chi connectivity index (χ0) is 20.2. The van der Waals surface area contributed by atoms with Gasteiger partial charge in [0.15, 0.2) is 12.9 Å². The van der Waals surface area contributed by atoms with Gasteiger partial charge in [-0.2, -0.15) is 0 Å². The molecule has 0 amide bonds. The van der Waals surface area contributed by atoms with Gasteiger partial charge in [-0.05, 0) is 86.3 Å². The number of carboxylic acids is 1. The number of ether oxygens (including phenoxy) is 3. The summed E-state index contributed by atoms with van der Waals surface area (Å²) in [5.41, 5.74) is 2.36. The molecule has 2 fully saturated rings. The minimum Gasteiger partial charge on any atom is -0.482 e. The van der Waals surface area contributed by atoms with Crippen molar-refractivity contribution in [2.75, 3.05) is 19.8 Å². The van der Waals surface area contributed by atoms with E-state index in [4.69, 9.17) is 19.3 Å². The van der Waals surface area contributed by atoms with Crippen molar-refractivity contribution in [3.8, 4) is 5.75 Å². The molecule has 1 heterocycles. The number of fused-ring (bicyclic) bond motifs is 2. The van der Waals surface area contributed by atoms with Crippen LogP contribution in [0, 0.1) is 17.8 Å². The number of benzene rings is 1. The first-order valence-electron chi connectivity index (χ1n) is 11.0. The molecule has 0 radical (unpaired) electrons. The molecule has 4 rings (SSSR count). The van der Waals surface area contributed by atoms with Crippen LogP contribution in [0.3, 0.4) is 0 Å². The summed E-state index contributed by atoms with van der Waals surface area (Å²) >= 11 is 0. The summed E-state index contributed by atoms with van der Waals surface area (Å²) in [5, 5.41) is 19.6. The number of hydrogen-bond acceptors (Lipinski definition) is 5. The van der Waals surface area contributed by atoms with Gasteiger partial charge in [-0.1, -0.05) is 12.1 Å². The van der Waals surface area contributed by atoms with Crippen molar-refractivity contribution < 1.29 is 29.2 Å². The monoisotopic (exact) mass is 404 g/mol. The zero-order valence-electron chi connectivity index (χ0n) is 16.9. The second-order valence-corrected chi connectivity index (χ2v) is 8.68. The van der Waals surface area contributed by atoms with E-state index < -0.39 is 5.97 Å². The summed E-state index contributed by atoms with van der Waals surface area (Å²) in [5.74, 6) is 0.918. The van der Waals surface area contributed by atoms with Crippen LogP contribution in [0.1, 0.15) is 49.7 Å². The third-order valence-electron chi connectivity index (χ3n) is 6.82. The number of aliphatic hydroxyl groups excluding tert-OH is 1. The largest absolute Gasteiger partial charge is 0.482 e. The minimum absolute atomic E-state index is 0.0456. The molecule has 1 aromatic carbocycles. The molecule has 2 N–H and O–H groups in total. The van der Waals surface area contributed by atoms with E-state index in [1.54, 1.807) is 0 Å². The summed E-state index contributed by atoms with van der Waals surface area (Å²) in [4.78, 5) is 10.9. The normalized spacial score (nSPS) is 31.1. The summed E-state index contributed by atoms with van der Waals surface area (Å²) in [6.07, 6.45) is 7.49. The van der Waals surface area contributed by atoms with Crippen LogP contribution in [0.2, 0.25) is 0 Å². The fraction of sp³-hybridized carbons (Fsp3) is 0.696. The fourth-order valence-electron chi connectivity index (χ4n) is 5.46. The van der Waals surface area contributed by atoms with Crippen molar-refractivity contribution in [1.82, 2.24) is 0 Å². The Morgan fingerprint density at radius 2 is 2.14 bits per heavy atom. The molecule has 1 saturated heterocycles. The molecule has 0 bridgehead atoms. The van der Waals surface area contributed by atoms with E-state index in [1.165, 1.54) is 12.0 Å². The maximum absolute atomic E-state index is 10.9. The molecule has 0 aromatic heterocycles. The highest BCUT2D eigenvalue weighted by atomic mass is 16.7. The molecule has 160 valence electrons. The van der Waals surface area contributed by atoms with Gasteiger partial charge < -0.3 is 24.4 Å². The summed E-state index contributed by atoms with van der Waals surface area (Å²) in [6.45, 7) is 1.17. The van der Waals surface area contributed by atoms with Gasteiger partial charge in [-0.3, -0.25) is 0 Å². The van der Waals surface area contributed by atoms with Crippen LogP contribution >= 0.6 is 0 Å². The average molecular weight is 405 g/mol. The first-order chi connectivity index (χ1) is 14.1. The van der Waals surface area contributed by atoms with Crippen molar-refractivity contribution in [3.63, 3.8) is 0 Å². The predicted octanol–water partition coefficient (Wildman–Crippen LogP) is 3.19. The van der Waals surface area contributed by atoms with E-state index in [2.05, 4.69) is 6.07 Å². The van der Waals surface area contributed by atoms with Gasteiger partial charge in [0, 0.05) is 13.2 Å². The van der Waals surface area contributed by atoms with Gasteiger partial charge in [0.05, 0.1) is 6.10 Å². The van der Waals surface area contributed by atoms with E-state index in [0.717, 1.165) is 57.1 Å². The maximum Gasteiger partial charge on any atom is 0.341 e. The molecule has 1 unspecified atom stereocenters. The highest BCUT2D eigenvalue weighted by Gasteiger charge is 2.44. The number of hydrogen-bond donors (Lipinski definition) is 2. The Kier molecular flexibility index (Phi) is 6.73. The Morgan fingerprint density at radius 1 is 1.24 bits per heavy atom. The Bertz CT molecular complexity index is 699. The number of aliphatic hydroxyl groups is 1. The summed E-state index contributed by atoms with van der Waals surface area (Å²) < 4.78 is 17.0. The van der Waals surface area contributed by atoms with Crippen LogP contribution in [0.15, 0.2) is 18.2 Å². The molecule has 5 atom stereocenters. The molecule has 29 heavy (non-hydrogen) atoms. The third kappa shape index (κ3) is 4.93. The van der Waals surface area contributed by atoms with Crippen LogP contribution in [0.25, 0.3) is 0 Å². The Hall–Kier alpha value is -1.63. The Morgan fingerprint density at radius 3 is 2.93 bits per heavy atom. The first kappa shape index (κ1) is 20.6. The SMILES string of the molecule is O=C(O)COc1cccc2c1C[C@H]1C[C@@H](O)[C@H](CCCOC3CCCCO3)[C@H]1C2. The van der Waals surface area contributed by atoms with Crippen molar-refractivity contribution in [2.24, 2.45) is 17.8 Å². The highest BCUT2D eigenvalue weighted by molar-refractivity contribution is 5.68. The number of aliphatic carboxylic acids is 1. The Balaban J connectivity index is 1.33. The summed E-state index contributed by atoms with van der Waals surface area (Å²) in [7, 11) is 0. The quantitative estimate of drug-likeness (QED) is 0.648. The molecule has 2 aliphatic carbocycles. The Labute approximate surface area is 172 Å². The molecule has 3 aliphatic rings. The van der Waals surface area contributed by atoms with Crippen molar-refractivity contribution in [3.05, 3.63) is 29.3 Å². The lowest BCUT2D eigenvalue weighted by Gasteiger charge is -2.32. The smallest absolute Gasteiger partial charge is 0.341 e. The zero-order valence-corrected chi connectivity index (χ0v) is 16.9. The van der Waals surface area contributed by atoms with Crippen molar-refractivity contribution in [1.29, 1.82) is 0 Å². The maximum atomic E-state index is 10.9. The standard InChI is InChI=1S/C23H32O6/c24-20-13-16-12-19-15(5-3-7-21(19)29-14-22(25)26)11-18(16)17(20)6-4-10-28-23-8-1-2-9-27-23/h3,5,7,16-18,20,23-24H,1-2,4,6,8-14H2,(H,25,26)/t16-,17+,18-,20+,23?/m0/s1. The van der Waals surface area contributed by atoms with E-state index in [9.17, 15) is 9.90 Å².